The number of hydrogen-bond acceptors (Lipinski definition) is 5. The average Bonchev–Trinajstić information content (AvgIpc) is 3.04. The van der Waals surface area contributed by atoms with Crippen LogP contribution < -0.4 is 10.6 Å². The zero-order chi connectivity index (χ0) is 15.7. The van der Waals surface area contributed by atoms with Gasteiger partial charge in [-0.3, -0.25) is 9.59 Å². The second kappa shape index (κ2) is 6.08. The highest BCUT2D eigenvalue weighted by Crippen LogP contribution is 2.38. The summed E-state index contributed by atoms with van der Waals surface area (Å²) in [7, 11) is 0. The lowest BCUT2D eigenvalue weighted by Gasteiger charge is -2.26. The molecular formula is C16H23N3O2S. The van der Waals surface area contributed by atoms with Gasteiger partial charge in [0.2, 0.25) is 5.91 Å². The third kappa shape index (κ3) is 3.55. The highest BCUT2D eigenvalue weighted by Gasteiger charge is 2.34. The Labute approximate surface area is 134 Å². The zero-order valence-corrected chi connectivity index (χ0v) is 14.0. The van der Waals surface area contributed by atoms with Crippen LogP contribution in [0.25, 0.3) is 0 Å². The zero-order valence-electron chi connectivity index (χ0n) is 13.2. The first-order valence-corrected chi connectivity index (χ1v) is 8.81. The molecule has 2 N–H and O–H groups in total. The molecule has 1 fully saturated rings. The number of rotatable bonds is 4. The number of carbonyl (C=O) groups is 2. The van der Waals surface area contributed by atoms with E-state index in [-0.39, 0.29) is 17.1 Å². The van der Waals surface area contributed by atoms with Gasteiger partial charge in [0, 0.05) is 12.5 Å². The number of fused-ring (bicyclic) bond motifs is 1. The van der Waals surface area contributed by atoms with E-state index >= 15 is 0 Å². The summed E-state index contributed by atoms with van der Waals surface area (Å²) >= 11 is 1.31. The minimum absolute atomic E-state index is 0.0382. The molecule has 1 aromatic rings. The van der Waals surface area contributed by atoms with Crippen LogP contribution >= 0.6 is 11.3 Å². The van der Waals surface area contributed by atoms with Gasteiger partial charge in [0.25, 0.3) is 0 Å². The summed E-state index contributed by atoms with van der Waals surface area (Å²) in [5.74, 6) is 0.0676. The maximum Gasteiger partial charge on any atom is 0.240 e. The summed E-state index contributed by atoms with van der Waals surface area (Å²) in [6.45, 7) is 4.47. The molecule has 0 unspecified atom stereocenters. The van der Waals surface area contributed by atoms with E-state index in [2.05, 4.69) is 29.5 Å². The quantitative estimate of drug-likeness (QED) is 0.894. The van der Waals surface area contributed by atoms with Crippen LogP contribution in [0.3, 0.4) is 0 Å². The Morgan fingerprint density at radius 2 is 2.05 bits per heavy atom. The van der Waals surface area contributed by atoms with Gasteiger partial charge in [-0.15, -0.1) is 0 Å². The van der Waals surface area contributed by atoms with E-state index in [0.717, 1.165) is 29.8 Å². The van der Waals surface area contributed by atoms with Crippen molar-refractivity contribution in [3.05, 3.63) is 10.6 Å². The predicted molar refractivity (Wildman–Crippen MR) is 87.4 cm³/mol. The van der Waals surface area contributed by atoms with Gasteiger partial charge in [0.15, 0.2) is 10.9 Å². The van der Waals surface area contributed by atoms with E-state index in [1.54, 1.807) is 0 Å². The summed E-state index contributed by atoms with van der Waals surface area (Å²) in [5.41, 5.74) is 0.800. The molecule has 1 amide bonds. The first kappa shape index (κ1) is 15.6. The molecule has 1 heterocycles. The SMILES string of the molecule is CC1(C)CC(=O)c2sc(NC(=O)CNC3CCCC3)nc2C1. The van der Waals surface area contributed by atoms with Crippen LogP contribution in [0.5, 0.6) is 0 Å². The highest BCUT2D eigenvalue weighted by molar-refractivity contribution is 7.17. The van der Waals surface area contributed by atoms with Gasteiger partial charge in [-0.05, 0) is 24.7 Å². The maximum absolute atomic E-state index is 12.1. The number of ketones is 1. The first-order valence-electron chi connectivity index (χ1n) is 7.99. The van der Waals surface area contributed by atoms with Gasteiger partial charge < -0.3 is 10.6 Å². The van der Waals surface area contributed by atoms with Crippen molar-refractivity contribution >= 4 is 28.2 Å². The highest BCUT2D eigenvalue weighted by atomic mass is 32.1. The standard InChI is InChI=1S/C16H23N3O2S/c1-16(2)7-11-14(12(20)8-16)22-15(18-11)19-13(21)9-17-10-5-3-4-6-10/h10,17H,3-9H2,1-2H3,(H,18,19,21). The fourth-order valence-electron chi connectivity index (χ4n) is 3.30. The molecule has 5 nitrogen and oxygen atoms in total. The van der Waals surface area contributed by atoms with Crippen molar-refractivity contribution in [1.29, 1.82) is 0 Å². The molecule has 0 radical (unpaired) electrons. The molecule has 0 aliphatic heterocycles. The van der Waals surface area contributed by atoms with Crippen LogP contribution in [0.1, 0.15) is 61.3 Å². The van der Waals surface area contributed by atoms with Crippen LogP contribution in [0.15, 0.2) is 0 Å². The molecule has 0 spiro atoms. The molecule has 0 saturated heterocycles. The molecule has 120 valence electrons. The third-order valence-corrected chi connectivity index (χ3v) is 5.44. The molecule has 3 rings (SSSR count). The molecule has 1 aromatic heterocycles. The summed E-state index contributed by atoms with van der Waals surface area (Å²) < 4.78 is 0. The summed E-state index contributed by atoms with van der Waals surface area (Å²) in [5, 5.41) is 6.66. The second-order valence-corrected chi connectivity index (χ2v) is 8.15. The van der Waals surface area contributed by atoms with E-state index in [1.165, 1.54) is 24.2 Å². The number of thiazole rings is 1. The van der Waals surface area contributed by atoms with Gasteiger partial charge >= 0.3 is 0 Å². The van der Waals surface area contributed by atoms with Crippen molar-refractivity contribution in [2.45, 2.75) is 58.4 Å². The Morgan fingerprint density at radius 1 is 1.32 bits per heavy atom. The first-order chi connectivity index (χ1) is 10.4. The van der Waals surface area contributed by atoms with Crippen LogP contribution in [-0.4, -0.2) is 29.3 Å². The number of amides is 1. The van der Waals surface area contributed by atoms with Crippen molar-refractivity contribution < 1.29 is 9.59 Å². The minimum Gasteiger partial charge on any atom is -0.306 e. The van der Waals surface area contributed by atoms with Gasteiger partial charge in [-0.1, -0.05) is 38.0 Å². The van der Waals surface area contributed by atoms with Crippen molar-refractivity contribution in [2.75, 3.05) is 11.9 Å². The summed E-state index contributed by atoms with van der Waals surface area (Å²) in [6.07, 6.45) is 6.15. The minimum atomic E-state index is -0.0790. The molecule has 1 saturated carbocycles. The smallest absolute Gasteiger partial charge is 0.240 e. The van der Waals surface area contributed by atoms with E-state index in [4.69, 9.17) is 0 Å². The number of hydrogen-bond donors (Lipinski definition) is 2. The Morgan fingerprint density at radius 3 is 2.77 bits per heavy atom. The van der Waals surface area contributed by atoms with Crippen LogP contribution in [0.4, 0.5) is 5.13 Å². The largest absolute Gasteiger partial charge is 0.306 e. The van der Waals surface area contributed by atoms with Crippen molar-refractivity contribution in [3.8, 4) is 0 Å². The molecule has 0 aromatic carbocycles. The van der Waals surface area contributed by atoms with Gasteiger partial charge in [0.1, 0.15) is 0 Å². The number of anilines is 1. The van der Waals surface area contributed by atoms with E-state index < -0.39 is 0 Å². The average molecular weight is 321 g/mol. The van der Waals surface area contributed by atoms with Crippen LogP contribution in [0, 0.1) is 5.41 Å². The number of nitrogens with zero attached hydrogens (tertiary/aromatic N) is 1. The van der Waals surface area contributed by atoms with E-state index in [0.29, 0.717) is 24.1 Å². The van der Waals surface area contributed by atoms with Crippen molar-refractivity contribution in [1.82, 2.24) is 10.3 Å². The fourth-order valence-corrected chi connectivity index (χ4v) is 4.24. The molecule has 0 atom stereocenters. The molecule has 2 aliphatic carbocycles. The monoisotopic (exact) mass is 321 g/mol. The van der Waals surface area contributed by atoms with Crippen molar-refractivity contribution in [3.63, 3.8) is 0 Å². The second-order valence-electron chi connectivity index (χ2n) is 7.15. The van der Waals surface area contributed by atoms with Crippen molar-refractivity contribution in [2.24, 2.45) is 5.41 Å². The molecular weight excluding hydrogens is 298 g/mol. The lowest BCUT2D eigenvalue weighted by molar-refractivity contribution is -0.115. The number of aromatic nitrogens is 1. The summed E-state index contributed by atoms with van der Waals surface area (Å²) in [4.78, 5) is 29.3. The van der Waals surface area contributed by atoms with E-state index in [1.807, 2.05) is 0 Å². The van der Waals surface area contributed by atoms with Gasteiger partial charge in [0.05, 0.1) is 17.1 Å². The number of carbonyl (C=O) groups excluding carboxylic acids is 2. The lowest BCUT2D eigenvalue weighted by Crippen LogP contribution is -2.34. The maximum atomic E-state index is 12.1. The predicted octanol–water partition coefficient (Wildman–Crippen LogP) is 2.77. The fraction of sp³-hybridized carbons (Fsp3) is 0.688. The number of Topliss-reactive ketones (excluding diaryl/α,β-unsaturated/α-hetero) is 1. The Balaban J connectivity index is 1.59. The van der Waals surface area contributed by atoms with Crippen LogP contribution in [-0.2, 0) is 11.2 Å². The Hall–Kier alpha value is -1.27. The molecule has 2 aliphatic rings. The normalized spacial score (nSPS) is 20.9. The lowest BCUT2D eigenvalue weighted by atomic mass is 9.78. The number of nitrogens with one attached hydrogen (secondary N) is 2. The third-order valence-electron chi connectivity index (χ3n) is 4.39. The topological polar surface area (TPSA) is 71.1 Å². The Bertz CT molecular complexity index is 588. The molecule has 22 heavy (non-hydrogen) atoms. The van der Waals surface area contributed by atoms with Gasteiger partial charge in [-0.2, -0.15) is 0 Å². The summed E-state index contributed by atoms with van der Waals surface area (Å²) in [6, 6.07) is 0.470. The van der Waals surface area contributed by atoms with Crippen LogP contribution in [0.2, 0.25) is 0 Å². The Kier molecular flexibility index (Phi) is 4.32. The molecule has 0 bridgehead atoms. The van der Waals surface area contributed by atoms with Gasteiger partial charge in [-0.25, -0.2) is 4.98 Å². The molecule has 6 heteroatoms. The van der Waals surface area contributed by atoms with E-state index in [9.17, 15) is 9.59 Å².